The highest BCUT2D eigenvalue weighted by molar-refractivity contribution is 5.16. The van der Waals surface area contributed by atoms with Crippen LogP contribution in [-0.4, -0.2) is 16.6 Å². The van der Waals surface area contributed by atoms with Crippen LogP contribution in [0.1, 0.15) is 20.3 Å². The second kappa shape index (κ2) is 1.45. The Kier molecular flexibility index (Phi) is 1.12. The van der Waals surface area contributed by atoms with Gasteiger partial charge in [-0.3, -0.25) is 0 Å². The lowest BCUT2D eigenvalue weighted by molar-refractivity contribution is 0.00543. The summed E-state index contributed by atoms with van der Waals surface area (Å²) >= 11 is 0. The molecule has 0 aliphatic heterocycles. The Morgan fingerprint density at radius 3 is 1.89 bits per heavy atom. The Morgan fingerprint density at radius 2 is 1.89 bits per heavy atom. The third-order valence-corrected chi connectivity index (χ3v) is 2.12. The Hall–Kier alpha value is -0.180. The summed E-state index contributed by atoms with van der Waals surface area (Å²) in [5.41, 5.74) is -1.72. The fraction of sp³-hybridized carbons (Fsp3) is 1.00. The van der Waals surface area contributed by atoms with Crippen molar-refractivity contribution in [3.05, 3.63) is 0 Å². The minimum absolute atomic E-state index is 0.347. The summed E-state index contributed by atoms with van der Waals surface area (Å²) in [6, 6.07) is 0. The Labute approximate surface area is 52.7 Å². The number of alkyl halides is 2. The maximum Gasteiger partial charge on any atom is 0.282 e. The van der Waals surface area contributed by atoms with Crippen molar-refractivity contribution in [1.82, 2.24) is 0 Å². The number of hydrogen-bond donors (Lipinski definition) is 1. The summed E-state index contributed by atoms with van der Waals surface area (Å²) in [6.07, 6.45) is 0.347. The van der Waals surface area contributed by atoms with E-state index in [4.69, 9.17) is 5.11 Å². The Balaban J connectivity index is 2.66. The highest BCUT2D eigenvalue weighted by Crippen LogP contribution is 2.59. The summed E-state index contributed by atoms with van der Waals surface area (Å²) in [5, 5.41) is 8.87. The third-order valence-electron chi connectivity index (χ3n) is 2.12. The molecule has 1 fully saturated rings. The maximum absolute atomic E-state index is 12.3. The first-order valence-electron chi connectivity index (χ1n) is 3.04. The smallest absolute Gasteiger partial charge is 0.282 e. The fourth-order valence-corrected chi connectivity index (χ4v) is 1.25. The monoisotopic (exact) mass is 136 g/mol. The topological polar surface area (TPSA) is 20.2 Å². The molecule has 1 aliphatic carbocycles. The molecule has 0 aromatic rings. The van der Waals surface area contributed by atoms with Crippen LogP contribution in [0.2, 0.25) is 0 Å². The molecule has 1 aliphatic rings. The van der Waals surface area contributed by atoms with Crippen LogP contribution in [0, 0.1) is 5.92 Å². The molecule has 0 saturated heterocycles. The molecule has 1 nitrogen and oxygen atoms in total. The van der Waals surface area contributed by atoms with Crippen molar-refractivity contribution in [3.8, 4) is 0 Å². The second-order valence-electron chi connectivity index (χ2n) is 2.73. The van der Waals surface area contributed by atoms with Crippen molar-refractivity contribution in [1.29, 1.82) is 0 Å². The number of halogens is 2. The predicted octanol–water partition coefficient (Wildman–Crippen LogP) is 1.41. The van der Waals surface area contributed by atoms with Crippen molar-refractivity contribution in [2.24, 2.45) is 5.92 Å². The third kappa shape index (κ3) is 0.611. The number of rotatable bonds is 1. The van der Waals surface area contributed by atoms with E-state index in [2.05, 4.69) is 0 Å². The molecule has 0 radical (unpaired) electrons. The average Bonchev–Trinajstić information content (AvgIpc) is 2.00. The summed E-state index contributed by atoms with van der Waals surface area (Å²) in [4.78, 5) is 0. The van der Waals surface area contributed by atoms with Gasteiger partial charge in [0.1, 0.15) is 5.60 Å². The molecule has 0 aromatic heterocycles. The highest BCUT2D eigenvalue weighted by atomic mass is 19.3. The van der Waals surface area contributed by atoms with Gasteiger partial charge in [0.2, 0.25) is 0 Å². The van der Waals surface area contributed by atoms with Gasteiger partial charge in [0.15, 0.2) is 0 Å². The average molecular weight is 136 g/mol. The molecule has 0 bridgehead atoms. The largest absolute Gasteiger partial charge is 0.383 e. The van der Waals surface area contributed by atoms with Gasteiger partial charge < -0.3 is 5.11 Å². The fourth-order valence-electron chi connectivity index (χ4n) is 1.25. The van der Waals surface area contributed by atoms with E-state index < -0.39 is 17.4 Å². The lowest BCUT2D eigenvalue weighted by atomic mass is 10.2. The predicted molar refractivity (Wildman–Crippen MR) is 29.4 cm³/mol. The molecule has 0 amide bonds. The van der Waals surface area contributed by atoms with E-state index >= 15 is 0 Å². The minimum atomic E-state index is -2.83. The molecular formula is C6H10F2O. The van der Waals surface area contributed by atoms with E-state index in [1.807, 2.05) is 0 Å². The lowest BCUT2D eigenvalue weighted by Gasteiger charge is -1.95. The van der Waals surface area contributed by atoms with E-state index in [0.29, 0.717) is 6.42 Å². The quantitative estimate of drug-likeness (QED) is 0.577. The zero-order valence-corrected chi connectivity index (χ0v) is 5.49. The first kappa shape index (κ1) is 6.93. The Morgan fingerprint density at radius 1 is 1.56 bits per heavy atom. The van der Waals surface area contributed by atoms with Crippen LogP contribution in [0.4, 0.5) is 8.78 Å². The van der Waals surface area contributed by atoms with Crippen LogP contribution < -0.4 is 0 Å². The zero-order valence-electron chi connectivity index (χ0n) is 5.49. The number of aliphatic hydroxyl groups is 1. The Bertz CT molecular complexity index is 117. The summed E-state index contributed by atoms with van der Waals surface area (Å²) < 4.78 is 24.6. The normalized spacial score (nSPS) is 47.0. The van der Waals surface area contributed by atoms with Crippen LogP contribution in [0.15, 0.2) is 0 Å². The molecule has 1 saturated carbocycles. The van der Waals surface area contributed by atoms with Crippen LogP contribution in [0.3, 0.4) is 0 Å². The second-order valence-corrected chi connectivity index (χ2v) is 2.73. The van der Waals surface area contributed by atoms with Gasteiger partial charge in [-0.05, 0) is 13.3 Å². The molecule has 0 aromatic carbocycles. The molecule has 9 heavy (non-hydrogen) atoms. The van der Waals surface area contributed by atoms with E-state index in [9.17, 15) is 8.78 Å². The molecule has 0 spiro atoms. The van der Waals surface area contributed by atoms with E-state index in [-0.39, 0.29) is 0 Å². The van der Waals surface area contributed by atoms with Crippen molar-refractivity contribution in [2.75, 3.05) is 0 Å². The van der Waals surface area contributed by atoms with Gasteiger partial charge in [0.05, 0.1) is 5.92 Å². The zero-order chi connectivity index (χ0) is 7.28. The van der Waals surface area contributed by atoms with E-state index in [1.54, 1.807) is 6.92 Å². The van der Waals surface area contributed by atoms with Gasteiger partial charge >= 0.3 is 0 Å². The molecule has 0 heterocycles. The standard InChI is InChI=1S/C6H10F2O/c1-3-4-5(2,9)6(4,7)8/h4,9H,3H2,1-2H3/t4-,5?/m0/s1. The lowest BCUT2D eigenvalue weighted by Crippen LogP contribution is -2.11. The summed E-state index contributed by atoms with van der Waals surface area (Å²) in [5.74, 6) is -3.65. The van der Waals surface area contributed by atoms with Gasteiger partial charge in [-0.25, -0.2) is 8.78 Å². The van der Waals surface area contributed by atoms with Crippen LogP contribution in [0.5, 0.6) is 0 Å². The van der Waals surface area contributed by atoms with Gasteiger partial charge in [-0.15, -0.1) is 0 Å². The van der Waals surface area contributed by atoms with Crippen LogP contribution >= 0.6 is 0 Å². The van der Waals surface area contributed by atoms with Crippen molar-refractivity contribution < 1.29 is 13.9 Å². The molecular weight excluding hydrogens is 126 g/mol. The van der Waals surface area contributed by atoms with Crippen molar-refractivity contribution in [3.63, 3.8) is 0 Å². The molecule has 1 rings (SSSR count). The minimum Gasteiger partial charge on any atom is -0.383 e. The summed E-state index contributed by atoms with van der Waals surface area (Å²) in [6.45, 7) is 2.83. The van der Waals surface area contributed by atoms with Gasteiger partial charge in [0.25, 0.3) is 5.92 Å². The first-order valence-corrected chi connectivity index (χ1v) is 3.04. The SMILES string of the molecule is CC[C@H]1C(C)(O)C1(F)F. The van der Waals surface area contributed by atoms with E-state index in [1.165, 1.54) is 6.92 Å². The molecule has 54 valence electrons. The van der Waals surface area contributed by atoms with Crippen LogP contribution in [0.25, 0.3) is 0 Å². The molecule has 1 N–H and O–H groups in total. The highest BCUT2D eigenvalue weighted by Gasteiger charge is 2.76. The summed E-state index contributed by atoms with van der Waals surface area (Å²) in [7, 11) is 0. The number of hydrogen-bond acceptors (Lipinski definition) is 1. The maximum atomic E-state index is 12.3. The van der Waals surface area contributed by atoms with E-state index in [0.717, 1.165) is 0 Å². The molecule has 2 atom stereocenters. The van der Waals surface area contributed by atoms with Gasteiger partial charge in [-0.2, -0.15) is 0 Å². The van der Waals surface area contributed by atoms with Crippen molar-refractivity contribution >= 4 is 0 Å². The first-order chi connectivity index (χ1) is 3.94. The van der Waals surface area contributed by atoms with Gasteiger partial charge in [-0.1, -0.05) is 6.92 Å². The van der Waals surface area contributed by atoms with Crippen molar-refractivity contribution in [2.45, 2.75) is 31.8 Å². The molecule has 1 unspecified atom stereocenters. The van der Waals surface area contributed by atoms with Gasteiger partial charge in [0, 0.05) is 0 Å². The van der Waals surface area contributed by atoms with Crippen LogP contribution in [-0.2, 0) is 0 Å². The molecule has 3 heteroatoms.